The quantitative estimate of drug-likeness (QED) is 0.581. The molecule has 8 nitrogen and oxygen atoms in total. The fourth-order valence-electron chi connectivity index (χ4n) is 3.02. The molecule has 1 aromatic carbocycles. The number of hydrogen-bond acceptors (Lipinski definition) is 6. The lowest BCUT2D eigenvalue weighted by Gasteiger charge is -2.14. The lowest BCUT2D eigenvalue weighted by molar-refractivity contribution is 0.414. The predicted octanol–water partition coefficient (Wildman–Crippen LogP) is 1.58. The average molecular weight is 375 g/mol. The van der Waals surface area contributed by atoms with Crippen molar-refractivity contribution in [1.82, 2.24) is 19.1 Å². The summed E-state index contributed by atoms with van der Waals surface area (Å²) in [7, 11) is 1.56. The van der Waals surface area contributed by atoms with Crippen molar-refractivity contribution < 1.29 is 4.74 Å². The van der Waals surface area contributed by atoms with Crippen molar-refractivity contribution in [3.63, 3.8) is 0 Å². The maximum atomic E-state index is 13.3. The zero-order valence-corrected chi connectivity index (χ0v) is 15.1. The van der Waals surface area contributed by atoms with Gasteiger partial charge in [0.15, 0.2) is 5.65 Å². The molecule has 8 heteroatoms. The minimum atomic E-state index is -0.502. The molecule has 2 N–H and O–H groups in total. The van der Waals surface area contributed by atoms with Gasteiger partial charge in [0.05, 0.1) is 24.7 Å². The molecule has 0 bridgehead atoms. The normalized spacial score (nSPS) is 10.9. The standard InChI is InChI=1S/C20H17N5O3/c1-28-15-4-2-14(3-5-15)25-18-16(6-7-17(21)23-18)19(26)24(20(25)27)12-13-8-10-22-11-9-13/h2-11H,12H2,1H3,(H2,21,23). The number of ether oxygens (including phenoxy) is 1. The van der Waals surface area contributed by atoms with Crippen LogP contribution < -0.4 is 21.7 Å². The Morgan fingerprint density at radius 1 is 1.00 bits per heavy atom. The van der Waals surface area contributed by atoms with E-state index >= 15 is 0 Å². The molecule has 140 valence electrons. The van der Waals surface area contributed by atoms with Gasteiger partial charge in [0, 0.05) is 12.4 Å². The molecule has 0 unspecified atom stereocenters. The Balaban J connectivity index is 2.02. The largest absolute Gasteiger partial charge is 0.497 e. The predicted molar refractivity (Wildman–Crippen MR) is 106 cm³/mol. The summed E-state index contributed by atoms with van der Waals surface area (Å²) in [6.45, 7) is 0.122. The Morgan fingerprint density at radius 3 is 2.39 bits per heavy atom. The zero-order chi connectivity index (χ0) is 19.7. The first-order valence-corrected chi connectivity index (χ1v) is 8.54. The fraction of sp³-hybridized carbons (Fsp3) is 0.100. The van der Waals surface area contributed by atoms with E-state index in [2.05, 4.69) is 9.97 Å². The van der Waals surface area contributed by atoms with Gasteiger partial charge in [-0.3, -0.25) is 14.3 Å². The molecule has 3 aromatic heterocycles. The van der Waals surface area contributed by atoms with Crippen LogP contribution in [-0.4, -0.2) is 26.2 Å². The van der Waals surface area contributed by atoms with E-state index in [4.69, 9.17) is 10.5 Å². The molecule has 3 heterocycles. The first kappa shape index (κ1) is 17.5. The summed E-state index contributed by atoms with van der Waals surface area (Å²) in [5, 5.41) is 0.304. The molecule has 0 amide bonds. The van der Waals surface area contributed by atoms with Crippen LogP contribution in [0.5, 0.6) is 5.75 Å². The van der Waals surface area contributed by atoms with E-state index in [1.165, 1.54) is 9.13 Å². The third-order valence-electron chi connectivity index (χ3n) is 4.43. The topological polar surface area (TPSA) is 105 Å². The van der Waals surface area contributed by atoms with Gasteiger partial charge in [0.2, 0.25) is 0 Å². The van der Waals surface area contributed by atoms with Crippen LogP contribution in [0.15, 0.2) is 70.5 Å². The van der Waals surface area contributed by atoms with Crippen LogP contribution in [0, 0.1) is 0 Å². The van der Waals surface area contributed by atoms with Crippen molar-refractivity contribution in [2.45, 2.75) is 6.54 Å². The zero-order valence-electron chi connectivity index (χ0n) is 15.1. The molecular formula is C20H17N5O3. The molecule has 0 spiro atoms. The van der Waals surface area contributed by atoms with Crippen LogP contribution in [0.25, 0.3) is 16.7 Å². The second-order valence-corrected chi connectivity index (χ2v) is 6.17. The number of anilines is 1. The van der Waals surface area contributed by atoms with Gasteiger partial charge < -0.3 is 10.5 Å². The number of pyridine rings is 2. The van der Waals surface area contributed by atoms with E-state index in [0.717, 1.165) is 5.56 Å². The molecule has 0 saturated carbocycles. The second-order valence-electron chi connectivity index (χ2n) is 6.17. The van der Waals surface area contributed by atoms with Crippen molar-refractivity contribution in [1.29, 1.82) is 0 Å². The van der Waals surface area contributed by atoms with Crippen LogP contribution in [0.3, 0.4) is 0 Å². The Morgan fingerprint density at radius 2 is 1.71 bits per heavy atom. The average Bonchev–Trinajstić information content (AvgIpc) is 2.72. The third kappa shape index (κ3) is 3.01. The van der Waals surface area contributed by atoms with Crippen LogP contribution in [0.2, 0.25) is 0 Å². The Kier molecular flexibility index (Phi) is 4.36. The summed E-state index contributed by atoms with van der Waals surface area (Å²) in [5.74, 6) is 0.874. The van der Waals surface area contributed by atoms with Crippen molar-refractivity contribution in [3.05, 3.63) is 87.3 Å². The van der Waals surface area contributed by atoms with Gasteiger partial charge >= 0.3 is 5.69 Å². The minimum absolute atomic E-state index is 0.122. The third-order valence-corrected chi connectivity index (χ3v) is 4.43. The van der Waals surface area contributed by atoms with E-state index in [1.54, 1.807) is 68.0 Å². The molecule has 4 aromatic rings. The first-order chi connectivity index (χ1) is 13.6. The summed E-state index contributed by atoms with van der Waals surface area (Å²) in [5.41, 5.74) is 6.45. The molecule has 0 aliphatic carbocycles. The highest BCUT2D eigenvalue weighted by Crippen LogP contribution is 2.17. The summed E-state index contributed by atoms with van der Waals surface area (Å²) in [4.78, 5) is 34.5. The maximum absolute atomic E-state index is 13.3. The number of methoxy groups -OCH3 is 1. The molecule has 0 saturated heterocycles. The summed E-state index contributed by atoms with van der Waals surface area (Å²) >= 11 is 0. The number of nitrogens with zero attached hydrogens (tertiary/aromatic N) is 4. The molecule has 0 aliphatic rings. The Labute approximate surface area is 159 Å². The van der Waals surface area contributed by atoms with Crippen LogP contribution in [0.1, 0.15) is 5.56 Å². The highest BCUT2D eigenvalue weighted by Gasteiger charge is 2.16. The lowest BCUT2D eigenvalue weighted by atomic mass is 10.2. The van der Waals surface area contributed by atoms with Gasteiger partial charge in [-0.15, -0.1) is 0 Å². The van der Waals surface area contributed by atoms with Gasteiger partial charge in [-0.05, 0) is 54.1 Å². The van der Waals surface area contributed by atoms with E-state index < -0.39 is 11.2 Å². The number of aromatic nitrogens is 4. The number of hydrogen-bond donors (Lipinski definition) is 1. The summed E-state index contributed by atoms with van der Waals surface area (Å²) in [6.07, 6.45) is 3.23. The Bertz CT molecular complexity index is 1260. The molecule has 0 fully saturated rings. The van der Waals surface area contributed by atoms with Crippen molar-refractivity contribution in [3.8, 4) is 11.4 Å². The molecule has 28 heavy (non-hydrogen) atoms. The first-order valence-electron chi connectivity index (χ1n) is 8.54. The Hall–Kier alpha value is -3.94. The van der Waals surface area contributed by atoms with Crippen LogP contribution in [-0.2, 0) is 6.54 Å². The lowest BCUT2D eigenvalue weighted by Crippen LogP contribution is -2.40. The smallest absolute Gasteiger partial charge is 0.337 e. The minimum Gasteiger partial charge on any atom is -0.497 e. The summed E-state index contributed by atoms with van der Waals surface area (Å²) in [6, 6.07) is 13.6. The second kappa shape index (κ2) is 6.99. The van der Waals surface area contributed by atoms with E-state index in [-0.39, 0.29) is 18.0 Å². The van der Waals surface area contributed by atoms with Gasteiger partial charge in [0.25, 0.3) is 5.56 Å². The van der Waals surface area contributed by atoms with Crippen molar-refractivity contribution in [2.75, 3.05) is 12.8 Å². The number of nitrogens with two attached hydrogens (primary N) is 1. The number of rotatable bonds is 4. The van der Waals surface area contributed by atoms with Gasteiger partial charge in [-0.25, -0.2) is 14.3 Å². The fourth-order valence-corrected chi connectivity index (χ4v) is 3.02. The number of fused-ring (bicyclic) bond motifs is 1. The van der Waals surface area contributed by atoms with Crippen LogP contribution >= 0.6 is 0 Å². The van der Waals surface area contributed by atoms with E-state index in [9.17, 15) is 9.59 Å². The molecular weight excluding hydrogens is 358 g/mol. The summed E-state index contributed by atoms with van der Waals surface area (Å²) < 4.78 is 7.74. The number of benzene rings is 1. The highest BCUT2D eigenvalue weighted by atomic mass is 16.5. The maximum Gasteiger partial charge on any atom is 0.337 e. The van der Waals surface area contributed by atoms with Gasteiger partial charge in [-0.2, -0.15) is 0 Å². The van der Waals surface area contributed by atoms with E-state index in [0.29, 0.717) is 16.8 Å². The van der Waals surface area contributed by atoms with Gasteiger partial charge in [0.1, 0.15) is 11.6 Å². The SMILES string of the molecule is COc1ccc(-n2c(=O)n(Cc3ccncc3)c(=O)c3ccc(N)nc32)cc1. The molecule has 0 aliphatic heterocycles. The monoisotopic (exact) mass is 375 g/mol. The van der Waals surface area contributed by atoms with Crippen molar-refractivity contribution in [2.24, 2.45) is 0 Å². The molecule has 0 radical (unpaired) electrons. The number of nitrogen functional groups attached to an aromatic ring is 1. The molecule has 4 rings (SSSR count). The van der Waals surface area contributed by atoms with Crippen molar-refractivity contribution >= 4 is 16.9 Å². The van der Waals surface area contributed by atoms with E-state index in [1.807, 2.05) is 0 Å². The highest BCUT2D eigenvalue weighted by molar-refractivity contribution is 5.77. The van der Waals surface area contributed by atoms with Crippen LogP contribution in [0.4, 0.5) is 5.82 Å². The van der Waals surface area contributed by atoms with Gasteiger partial charge in [-0.1, -0.05) is 0 Å². The molecule has 0 atom stereocenters.